The van der Waals surface area contributed by atoms with Gasteiger partial charge >= 0.3 is 0 Å². The summed E-state index contributed by atoms with van der Waals surface area (Å²) in [5.41, 5.74) is 2.54. The summed E-state index contributed by atoms with van der Waals surface area (Å²) < 4.78 is 23.0. The number of nitrogens with zero attached hydrogens (tertiary/aromatic N) is 8. The van der Waals surface area contributed by atoms with Gasteiger partial charge in [0.2, 0.25) is 5.91 Å². The van der Waals surface area contributed by atoms with Crippen LogP contribution in [0.1, 0.15) is 12.8 Å². The van der Waals surface area contributed by atoms with Crippen molar-refractivity contribution in [1.29, 1.82) is 0 Å². The number of nitrogens with one attached hydrogen (secondary N) is 1. The molecule has 1 aromatic carbocycles. The number of amides is 1. The predicted octanol–water partition coefficient (Wildman–Crippen LogP) is 5.25. The molecule has 0 radical (unpaired) electrons. The number of hydrogen-bond donors (Lipinski definition) is 1. The number of rotatable bonds is 7. The Balaban J connectivity index is 1.14. The van der Waals surface area contributed by atoms with Gasteiger partial charge in [-0.1, -0.05) is 18.2 Å². The maximum absolute atomic E-state index is 15.4. The van der Waals surface area contributed by atoms with Crippen LogP contribution in [-0.4, -0.2) is 66.0 Å². The van der Waals surface area contributed by atoms with Gasteiger partial charge in [0, 0.05) is 38.8 Å². The third kappa shape index (κ3) is 5.18. The number of halogens is 2. The quantitative estimate of drug-likeness (QED) is 0.251. The summed E-state index contributed by atoms with van der Waals surface area (Å²) in [5, 5.41) is 3.22. The van der Waals surface area contributed by atoms with Gasteiger partial charge in [-0.05, 0) is 43.0 Å². The number of aryl methyl sites for hydroxylation is 1. The number of benzene rings is 1. The van der Waals surface area contributed by atoms with Crippen molar-refractivity contribution in [3.8, 4) is 11.5 Å². The van der Waals surface area contributed by atoms with E-state index in [1.165, 1.54) is 30.7 Å². The Morgan fingerprint density at radius 2 is 2.00 bits per heavy atom. The summed E-state index contributed by atoms with van der Waals surface area (Å²) in [4.78, 5) is 38.7. The van der Waals surface area contributed by atoms with Crippen LogP contribution in [0, 0.1) is 11.7 Å². The minimum Gasteiger partial charge on any atom is -0.454 e. The first-order valence-corrected chi connectivity index (χ1v) is 14.3. The van der Waals surface area contributed by atoms with E-state index in [-0.39, 0.29) is 28.4 Å². The largest absolute Gasteiger partial charge is 0.454 e. The molecule has 218 valence electrons. The molecule has 11 nitrogen and oxygen atoms in total. The molecule has 43 heavy (non-hydrogen) atoms. The second kappa shape index (κ2) is 10.8. The first-order chi connectivity index (χ1) is 20.9. The zero-order valence-electron chi connectivity index (χ0n) is 23.2. The molecule has 0 bridgehead atoms. The smallest absolute Gasteiger partial charge is 0.246 e. The molecule has 1 aliphatic carbocycles. The number of aromatic nitrogens is 6. The molecular weight excluding hydrogens is 573 g/mol. The molecule has 1 N–H and O–H groups in total. The van der Waals surface area contributed by atoms with E-state index in [9.17, 15) is 4.79 Å². The second-order valence-electron chi connectivity index (χ2n) is 10.7. The van der Waals surface area contributed by atoms with Crippen LogP contribution >= 0.6 is 11.6 Å². The monoisotopic (exact) mass is 599 g/mol. The second-order valence-corrected chi connectivity index (χ2v) is 11.1. The average Bonchev–Trinajstić information content (AvgIpc) is 3.81. The van der Waals surface area contributed by atoms with Gasteiger partial charge in [0.1, 0.15) is 40.5 Å². The molecule has 4 aromatic heterocycles. The van der Waals surface area contributed by atoms with E-state index in [2.05, 4.69) is 36.7 Å². The summed E-state index contributed by atoms with van der Waals surface area (Å²) >= 11 is 6.51. The lowest BCUT2D eigenvalue weighted by Crippen LogP contribution is -2.56. The number of ether oxygens (including phenoxy) is 1. The van der Waals surface area contributed by atoms with Crippen LogP contribution in [0.15, 0.2) is 61.8 Å². The highest BCUT2D eigenvalue weighted by Gasteiger charge is 2.40. The van der Waals surface area contributed by atoms with Crippen molar-refractivity contribution in [1.82, 2.24) is 34.4 Å². The van der Waals surface area contributed by atoms with Gasteiger partial charge < -0.3 is 24.4 Å². The molecule has 5 heterocycles. The van der Waals surface area contributed by atoms with Crippen molar-refractivity contribution < 1.29 is 13.9 Å². The van der Waals surface area contributed by atoms with Crippen LogP contribution in [0.25, 0.3) is 22.2 Å². The summed E-state index contributed by atoms with van der Waals surface area (Å²) in [7, 11) is 1.84. The van der Waals surface area contributed by atoms with Gasteiger partial charge in [0.25, 0.3) is 0 Å². The normalized spacial score (nSPS) is 17.0. The van der Waals surface area contributed by atoms with Gasteiger partial charge in [0.15, 0.2) is 11.5 Å². The highest BCUT2D eigenvalue weighted by molar-refractivity contribution is 6.32. The Kier molecular flexibility index (Phi) is 6.77. The first-order valence-electron chi connectivity index (χ1n) is 13.9. The van der Waals surface area contributed by atoms with E-state index in [0.29, 0.717) is 59.3 Å². The van der Waals surface area contributed by atoms with Crippen molar-refractivity contribution >= 4 is 57.0 Å². The number of piperazine rings is 1. The molecule has 0 spiro atoms. The van der Waals surface area contributed by atoms with E-state index < -0.39 is 5.82 Å². The third-order valence-electron chi connectivity index (χ3n) is 7.86. The molecule has 1 amide bonds. The number of pyridine rings is 2. The average molecular weight is 600 g/mol. The SMILES string of the molecule is C=CC(=O)N1CCN(c2ccc3ncnc(Nc4cc(Cl)c(Oc5cnc6c(c5)ncn6C)cc4F)c3n2)C[C@@H]1C1CC1. The van der Waals surface area contributed by atoms with E-state index in [4.69, 9.17) is 21.3 Å². The van der Waals surface area contributed by atoms with Gasteiger partial charge in [-0.15, -0.1) is 0 Å². The van der Waals surface area contributed by atoms with Gasteiger partial charge in [-0.2, -0.15) is 0 Å². The highest BCUT2D eigenvalue weighted by Crippen LogP contribution is 2.39. The molecule has 7 rings (SSSR count). The first kappa shape index (κ1) is 27.0. The minimum atomic E-state index is -0.593. The van der Waals surface area contributed by atoms with Crippen molar-refractivity contribution in [2.75, 3.05) is 29.9 Å². The molecule has 1 atom stereocenters. The predicted molar refractivity (Wildman–Crippen MR) is 161 cm³/mol. The number of hydrogen-bond acceptors (Lipinski definition) is 9. The van der Waals surface area contributed by atoms with Gasteiger partial charge in [-0.25, -0.2) is 29.3 Å². The van der Waals surface area contributed by atoms with E-state index >= 15 is 4.39 Å². The molecular formula is C30H27ClFN9O2. The Bertz CT molecular complexity index is 1890. The van der Waals surface area contributed by atoms with E-state index in [1.807, 2.05) is 24.1 Å². The molecule has 1 saturated heterocycles. The Hall–Kier alpha value is -4.84. The van der Waals surface area contributed by atoms with Gasteiger partial charge in [-0.3, -0.25) is 4.79 Å². The molecule has 2 fully saturated rings. The van der Waals surface area contributed by atoms with Crippen LogP contribution in [0.3, 0.4) is 0 Å². The van der Waals surface area contributed by atoms with Crippen LogP contribution < -0.4 is 15.0 Å². The summed E-state index contributed by atoms with van der Waals surface area (Å²) in [5.74, 6) is 1.44. The van der Waals surface area contributed by atoms with Crippen molar-refractivity contribution in [3.63, 3.8) is 0 Å². The maximum atomic E-state index is 15.4. The molecule has 13 heteroatoms. The minimum absolute atomic E-state index is 0.0362. The standard InChI is InChI=1S/C30H27ClFN9O2/c1-3-27(42)41-9-8-40(14-24(41)17-4-5-17)26-7-6-21-28(38-26)29(35-15-34-21)37-22-11-19(31)25(12-20(22)32)43-18-10-23-30(33-13-18)39(2)16-36-23/h3,6-7,10-13,15-17,24H,1,4-5,8-9,14H2,2H3,(H,34,35,37)/t24-/m1/s1. The van der Waals surface area contributed by atoms with Crippen LogP contribution in [0.5, 0.6) is 11.5 Å². The molecule has 1 saturated carbocycles. The zero-order chi connectivity index (χ0) is 29.7. The summed E-state index contributed by atoms with van der Waals surface area (Å²) in [6.45, 7) is 5.56. The maximum Gasteiger partial charge on any atom is 0.246 e. The number of carbonyl (C=O) groups is 1. The Morgan fingerprint density at radius 1 is 1.14 bits per heavy atom. The number of fused-ring (bicyclic) bond motifs is 2. The number of anilines is 3. The fourth-order valence-electron chi connectivity index (χ4n) is 5.50. The molecule has 2 aliphatic rings. The Morgan fingerprint density at radius 3 is 2.81 bits per heavy atom. The fraction of sp³-hybridized carbons (Fsp3) is 0.267. The number of imidazole rings is 1. The van der Waals surface area contributed by atoms with E-state index in [1.54, 1.807) is 17.0 Å². The molecule has 5 aromatic rings. The Labute approximate surface area is 251 Å². The summed E-state index contributed by atoms with van der Waals surface area (Å²) in [6.07, 6.45) is 8.19. The molecule has 1 aliphatic heterocycles. The van der Waals surface area contributed by atoms with Gasteiger partial charge in [0.05, 0.1) is 34.8 Å². The van der Waals surface area contributed by atoms with Crippen molar-refractivity contribution in [3.05, 3.63) is 72.7 Å². The van der Waals surface area contributed by atoms with Crippen molar-refractivity contribution in [2.24, 2.45) is 13.0 Å². The third-order valence-corrected chi connectivity index (χ3v) is 8.16. The lowest BCUT2D eigenvalue weighted by atomic mass is 10.1. The topological polar surface area (TPSA) is 114 Å². The fourth-order valence-corrected chi connectivity index (χ4v) is 5.70. The van der Waals surface area contributed by atoms with Crippen LogP contribution in [0.4, 0.5) is 21.7 Å². The summed E-state index contributed by atoms with van der Waals surface area (Å²) in [6, 6.07) is 8.24. The molecule has 0 unspecified atom stereocenters. The number of carbonyl (C=O) groups excluding carboxylic acids is 1. The van der Waals surface area contributed by atoms with Crippen LogP contribution in [0.2, 0.25) is 5.02 Å². The lowest BCUT2D eigenvalue weighted by molar-refractivity contribution is -0.129. The van der Waals surface area contributed by atoms with E-state index in [0.717, 1.165) is 18.7 Å². The highest BCUT2D eigenvalue weighted by atomic mass is 35.5. The zero-order valence-corrected chi connectivity index (χ0v) is 24.0. The van der Waals surface area contributed by atoms with Crippen molar-refractivity contribution in [2.45, 2.75) is 18.9 Å². The lowest BCUT2D eigenvalue weighted by Gasteiger charge is -2.42. The van der Waals surface area contributed by atoms with Crippen LogP contribution in [-0.2, 0) is 11.8 Å².